The van der Waals surface area contributed by atoms with Crippen LogP contribution in [0.4, 0.5) is 0 Å². The Hall–Kier alpha value is -1.57. The summed E-state index contributed by atoms with van der Waals surface area (Å²) in [5.41, 5.74) is 2.47. The van der Waals surface area contributed by atoms with E-state index in [0.717, 1.165) is 38.4 Å². The Kier molecular flexibility index (Phi) is 5.76. The molecule has 3 heterocycles. The fraction of sp³-hybridized carbons (Fsp3) is 0.444. The number of aromatic nitrogens is 2. The quantitative estimate of drug-likeness (QED) is 0.724. The summed E-state index contributed by atoms with van der Waals surface area (Å²) in [6, 6.07) is 10.8. The summed E-state index contributed by atoms with van der Waals surface area (Å²) in [5.74, 6) is 2.16. The van der Waals surface area contributed by atoms with E-state index in [9.17, 15) is 0 Å². The van der Waals surface area contributed by atoms with Gasteiger partial charge in [-0.1, -0.05) is 30.3 Å². The van der Waals surface area contributed by atoms with Crippen molar-refractivity contribution in [1.29, 1.82) is 0 Å². The van der Waals surface area contributed by atoms with Crippen molar-refractivity contribution in [2.75, 3.05) is 13.1 Å². The fourth-order valence-electron chi connectivity index (χ4n) is 3.32. The van der Waals surface area contributed by atoms with Crippen molar-refractivity contribution in [3.8, 4) is 0 Å². The Morgan fingerprint density at radius 3 is 2.92 bits per heavy atom. The highest BCUT2D eigenvalue weighted by molar-refractivity contribution is 14.0. The molecule has 0 spiro atoms. The third-order valence-corrected chi connectivity index (χ3v) is 4.58. The molecule has 0 radical (unpaired) electrons. The average molecular weight is 437 g/mol. The number of imidazole rings is 1. The summed E-state index contributed by atoms with van der Waals surface area (Å²) in [6.45, 7) is 2.79. The lowest BCUT2D eigenvalue weighted by Gasteiger charge is -2.12. The minimum absolute atomic E-state index is 0. The zero-order valence-electron chi connectivity index (χ0n) is 13.7. The highest BCUT2D eigenvalue weighted by Crippen LogP contribution is 2.16. The van der Waals surface area contributed by atoms with Crippen molar-refractivity contribution in [2.45, 2.75) is 38.3 Å². The molecular weight excluding hydrogens is 413 g/mol. The Bertz CT molecular complexity index is 671. The second-order valence-corrected chi connectivity index (χ2v) is 6.27. The van der Waals surface area contributed by atoms with Gasteiger partial charge in [0.1, 0.15) is 5.82 Å². The Balaban J connectivity index is 0.00000169. The van der Waals surface area contributed by atoms with Gasteiger partial charge < -0.3 is 15.2 Å². The molecule has 0 saturated heterocycles. The van der Waals surface area contributed by atoms with Gasteiger partial charge in [-0.2, -0.15) is 0 Å². The number of benzene rings is 1. The predicted molar refractivity (Wildman–Crippen MR) is 107 cm³/mol. The number of aliphatic imine (C=N–C) groups is 1. The summed E-state index contributed by atoms with van der Waals surface area (Å²) in [5, 5.41) is 6.86. The molecule has 0 aliphatic carbocycles. The van der Waals surface area contributed by atoms with Crippen molar-refractivity contribution in [1.82, 2.24) is 20.2 Å². The Morgan fingerprint density at radius 2 is 2.08 bits per heavy atom. The Labute approximate surface area is 160 Å². The first kappa shape index (κ1) is 17.3. The smallest absolute Gasteiger partial charge is 0.191 e. The van der Waals surface area contributed by atoms with E-state index in [1.54, 1.807) is 0 Å². The molecule has 6 heteroatoms. The summed E-state index contributed by atoms with van der Waals surface area (Å²) in [6.07, 6.45) is 6.84. The largest absolute Gasteiger partial charge is 0.356 e. The van der Waals surface area contributed by atoms with Gasteiger partial charge in [-0.3, -0.25) is 4.99 Å². The third-order valence-electron chi connectivity index (χ3n) is 4.58. The highest BCUT2D eigenvalue weighted by atomic mass is 127. The SMILES string of the molecule is I.c1ccc(C2CN=C(NCCc3cn4c(n3)CCCC4)N2)cc1. The molecule has 0 fully saturated rings. The topological polar surface area (TPSA) is 54.2 Å². The lowest BCUT2D eigenvalue weighted by Crippen LogP contribution is -2.36. The van der Waals surface area contributed by atoms with Crippen LogP contribution in [0, 0.1) is 0 Å². The fourth-order valence-corrected chi connectivity index (χ4v) is 3.32. The van der Waals surface area contributed by atoms with Crippen LogP contribution in [0.1, 0.15) is 36.0 Å². The maximum Gasteiger partial charge on any atom is 0.191 e. The monoisotopic (exact) mass is 437 g/mol. The number of hydrogen-bond donors (Lipinski definition) is 2. The number of guanidine groups is 1. The second kappa shape index (κ2) is 8.00. The molecule has 2 N–H and O–H groups in total. The molecule has 5 nitrogen and oxygen atoms in total. The first-order valence-electron chi connectivity index (χ1n) is 8.53. The van der Waals surface area contributed by atoms with Gasteiger partial charge in [-0.05, 0) is 18.4 Å². The minimum Gasteiger partial charge on any atom is -0.356 e. The number of fused-ring (bicyclic) bond motifs is 1. The van der Waals surface area contributed by atoms with Crippen molar-refractivity contribution in [3.05, 3.63) is 53.6 Å². The zero-order chi connectivity index (χ0) is 15.5. The van der Waals surface area contributed by atoms with Gasteiger partial charge in [0.2, 0.25) is 0 Å². The molecule has 2 aliphatic heterocycles. The van der Waals surface area contributed by atoms with Crippen molar-refractivity contribution < 1.29 is 0 Å². The normalized spacial score (nSPS) is 19.0. The summed E-state index contributed by atoms with van der Waals surface area (Å²) < 4.78 is 2.32. The first-order chi connectivity index (χ1) is 11.4. The number of aryl methyl sites for hydroxylation is 2. The van der Waals surface area contributed by atoms with Crippen LogP contribution in [0.2, 0.25) is 0 Å². The summed E-state index contributed by atoms with van der Waals surface area (Å²) in [7, 11) is 0. The molecule has 2 aliphatic rings. The number of halogens is 1. The van der Waals surface area contributed by atoms with Gasteiger partial charge in [-0.25, -0.2) is 4.98 Å². The standard InChI is InChI=1S/C18H23N5.HI/c1-2-6-14(7-3-1)16-12-20-18(22-16)19-10-9-15-13-23-11-5-4-8-17(23)21-15;/h1-3,6-7,13,16H,4-5,8-12H2,(H2,19,20,22);1H. The average Bonchev–Trinajstić information content (AvgIpc) is 3.22. The van der Waals surface area contributed by atoms with E-state index in [2.05, 4.69) is 50.7 Å². The molecule has 0 saturated carbocycles. The molecule has 2 aromatic rings. The molecule has 0 amide bonds. The highest BCUT2D eigenvalue weighted by Gasteiger charge is 2.18. The van der Waals surface area contributed by atoms with Crippen LogP contribution in [0.5, 0.6) is 0 Å². The van der Waals surface area contributed by atoms with Crippen LogP contribution >= 0.6 is 24.0 Å². The second-order valence-electron chi connectivity index (χ2n) is 6.27. The molecule has 1 aromatic heterocycles. The van der Waals surface area contributed by atoms with Crippen molar-refractivity contribution in [2.24, 2.45) is 4.99 Å². The third kappa shape index (κ3) is 3.91. The van der Waals surface area contributed by atoms with Gasteiger partial charge in [0.05, 0.1) is 18.3 Å². The van der Waals surface area contributed by atoms with E-state index in [0.29, 0.717) is 6.04 Å². The molecule has 128 valence electrons. The first-order valence-corrected chi connectivity index (χ1v) is 8.53. The van der Waals surface area contributed by atoms with E-state index in [1.807, 2.05) is 6.07 Å². The van der Waals surface area contributed by atoms with Crippen LogP contribution in [0.15, 0.2) is 41.5 Å². The van der Waals surface area contributed by atoms with Gasteiger partial charge in [0.15, 0.2) is 5.96 Å². The van der Waals surface area contributed by atoms with Crippen molar-refractivity contribution in [3.63, 3.8) is 0 Å². The van der Waals surface area contributed by atoms with Crippen LogP contribution < -0.4 is 10.6 Å². The number of nitrogens with one attached hydrogen (secondary N) is 2. The lowest BCUT2D eigenvalue weighted by atomic mass is 10.1. The predicted octanol–water partition coefficient (Wildman–Crippen LogP) is 2.67. The number of nitrogens with zero attached hydrogens (tertiary/aromatic N) is 3. The molecule has 1 atom stereocenters. The van der Waals surface area contributed by atoms with Crippen LogP contribution in [0.3, 0.4) is 0 Å². The zero-order valence-corrected chi connectivity index (χ0v) is 16.1. The maximum atomic E-state index is 4.74. The van der Waals surface area contributed by atoms with E-state index in [4.69, 9.17) is 4.98 Å². The lowest BCUT2D eigenvalue weighted by molar-refractivity contribution is 0.522. The molecule has 4 rings (SSSR count). The van der Waals surface area contributed by atoms with Gasteiger partial charge >= 0.3 is 0 Å². The summed E-state index contributed by atoms with van der Waals surface area (Å²) in [4.78, 5) is 9.30. The van der Waals surface area contributed by atoms with E-state index >= 15 is 0 Å². The van der Waals surface area contributed by atoms with E-state index in [1.165, 1.54) is 29.9 Å². The van der Waals surface area contributed by atoms with Crippen molar-refractivity contribution >= 4 is 29.9 Å². The van der Waals surface area contributed by atoms with Gasteiger partial charge in [0.25, 0.3) is 0 Å². The van der Waals surface area contributed by atoms with Crippen LogP contribution in [0.25, 0.3) is 0 Å². The molecule has 0 bridgehead atoms. The van der Waals surface area contributed by atoms with Gasteiger partial charge in [-0.15, -0.1) is 24.0 Å². The van der Waals surface area contributed by atoms with Gasteiger partial charge in [0, 0.05) is 32.1 Å². The van der Waals surface area contributed by atoms with E-state index < -0.39 is 0 Å². The Morgan fingerprint density at radius 1 is 1.21 bits per heavy atom. The van der Waals surface area contributed by atoms with Crippen LogP contribution in [-0.4, -0.2) is 28.6 Å². The van der Waals surface area contributed by atoms with Crippen LogP contribution in [-0.2, 0) is 19.4 Å². The van der Waals surface area contributed by atoms with E-state index in [-0.39, 0.29) is 24.0 Å². The maximum absolute atomic E-state index is 4.74. The number of rotatable bonds is 4. The minimum atomic E-state index is 0. The number of hydrogen-bond acceptors (Lipinski definition) is 4. The molecule has 1 unspecified atom stereocenters. The molecule has 24 heavy (non-hydrogen) atoms. The molecule has 1 aromatic carbocycles. The summed E-state index contributed by atoms with van der Waals surface area (Å²) >= 11 is 0. The molecular formula is C18H24IN5.